The Balaban J connectivity index is 2.09. The van der Waals surface area contributed by atoms with E-state index < -0.39 is 0 Å². The molecule has 0 spiro atoms. The fourth-order valence-corrected chi connectivity index (χ4v) is 4.78. The molecule has 134 valence electrons. The zero-order valence-electron chi connectivity index (χ0n) is 15.3. The molecule has 1 aliphatic carbocycles. The van der Waals surface area contributed by atoms with Crippen LogP contribution in [0, 0.1) is 11.3 Å². The molecule has 2 heterocycles. The van der Waals surface area contributed by atoms with Crippen LogP contribution in [-0.2, 0) is 14.3 Å². The topological polar surface area (TPSA) is 55.7 Å². The number of thiophene rings is 1. The van der Waals surface area contributed by atoms with Gasteiger partial charge in [-0.3, -0.25) is 9.79 Å². The number of hydrogen-bond acceptors (Lipinski definition) is 5. The largest absolute Gasteiger partial charge is 0.462 e. The molecule has 1 aromatic heterocycles. The minimum Gasteiger partial charge on any atom is -0.462 e. The van der Waals surface area contributed by atoms with Crippen LogP contribution >= 0.6 is 11.3 Å². The van der Waals surface area contributed by atoms with Gasteiger partial charge in [0.05, 0.1) is 18.1 Å². The van der Waals surface area contributed by atoms with Crippen LogP contribution in [0.2, 0.25) is 0 Å². The second-order valence-electron chi connectivity index (χ2n) is 7.69. The van der Waals surface area contributed by atoms with Gasteiger partial charge in [0.1, 0.15) is 5.78 Å². The first-order chi connectivity index (χ1) is 11.8. The number of aliphatic imine (C=N–C) groups is 1. The summed E-state index contributed by atoms with van der Waals surface area (Å²) in [6.07, 6.45) is 2.08. The lowest BCUT2D eigenvalue weighted by molar-refractivity contribution is -0.139. The van der Waals surface area contributed by atoms with Crippen molar-refractivity contribution in [1.29, 1.82) is 0 Å². The molecule has 1 fully saturated rings. The molecule has 2 atom stereocenters. The van der Waals surface area contributed by atoms with Gasteiger partial charge in [-0.15, -0.1) is 11.3 Å². The number of ketones is 1. The number of fused-ring (bicyclic) bond motifs is 1. The van der Waals surface area contributed by atoms with E-state index in [2.05, 4.69) is 13.8 Å². The molecule has 2 aliphatic rings. The predicted octanol–water partition coefficient (Wildman–Crippen LogP) is 4.52. The molecule has 3 rings (SSSR count). The molecule has 1 saturated carbocycles. The molecule has 25 heavy (non-hydrogen) atoms. The van der Waals surface area contributed by atoms with E-state index in [1.807, 2.05) is 31.4 Å². The summed E-state index contributed by atoms with van der Waals surface area (Å²) >= 11 is 1.58. The molecule has 0 unspecified atom stereocenters. The Bertz CT molecular complexity index is 743. The maximum atomic E-state index is 13.0. The first kappa shape index (κ1) is 18.1. The number of hydrogen-bond donors (Lipinski definition) is 0. The number of Topliss-reactive ketones (excluding diaryl/α,β-unsaturated/α-hetero) is 1. The van der Waals surface area contributed by atoms with Gasteiger partial charge < -0.3 is 4.74 Å². The average molecular weight is 359 g/mol. The maximum absolute atomic E-state index is 13.0. The van der Waals surface area contributed by atoms with Gasteiger partial charge in [0.2, 0.25) is 0 Å². The molecule has 0 radical (unpaired) electrons. The fraction of sp³-hybridized carbons (Fsp3) is 0.550. The van der Waals surface area contributed by atoms with Gasteiger partial charge in [-0.2, -0.15) is 0 Å². The van der Waals surface area contributed by atoms with E-state index in [0.29, 0.717) is 24.3 Å². The number of ether oxygens (including phenoxy) is 1. The van der Waals surface area contributed by atoms with Gasteiger partial charge >= 0.3 is 5.97 Å². The minimum atomic E-state index is -0.335. The Morgan fingerprint density at radius 3 is 2.76 bits per heavy atom. The van der Waals surface area contributed by atoms with E-state index in [1.165, 1.54) is 0 Å². The quantitative estimate of drug-likeness (QED) is 0.743. The Labute approximate surface area is 153 Å². The molecular formula is C20H25NO3S. The van der Waals surface area contributed by atoms with E-state index in [0.717, 1.165) is 23.4 Å². The van der Waals surface area contributed by atoms with Crippen LogP contribution in [0.25, 0.3) is 0 Å². The van der Waals surface area contributed by atoms with Crippen molar-refractivity contribution in [2.24, 2.45) is 16.3 Å². The first-order valence-electron chi connectivity index (χ1n) is 8.85. The number of carbonyl (C=O) groups is 2. The molecule has 1 aromatic rings. The Kier molecular flexibility index (Phi) is 4.96. The fourth-order valence-electron chi connectivity index (χ4n) is 3.91. The summed E-state index contributed by atoms with van der Waals surface area (Å²) in [7, 11) is 0. The standard InChI is InChI=1S/C20H25NO3S/c1-5-8-24-19(23)16-12(2)21-13-10-20(3,4)11-14(22)17(13)18(16)15-7-6-9-25-15/h6-7,9,17-18H,5,8,10-11H2,1-4H3/t17-,18+/m0/s1. The van der Waals surface area contributed by atoms with E-state index in [9.17, 15) is 9.59 Å². The Hall–Kier alpha value is -1.75. The summed E-state index contributed by atoms with van der Waals surface area (Å²) in [6.45, 7) is 8.42. The van der Waals surface area contributed by atoms with Crippen LogP contribution in [0.1, 0.15) is 57.8 Å². The van der Waals surface area contributed by atoms with Crippen molar-refractivity contribution in [2.45, 2.75) is 52.9 Å². The number of carbonyl (C=O) groups excluding carboxylic acids is 2. The molecule has 0 N–H and O–H groups in total. The van der Waals surface area contributed by atoms with Gasteiger partial charge in [0, 0.05) is 28.6 Å². The Morgan fingerprint density at radius 2 is 2.12 bits per heavy atom. The normalized spacial score (nSPS) is 25.4. The van der Waals surface area contributed by atoms with Crippen LogP contribution in [0.5, 0.6) is 0 Å². The zero-order chi connectivity index (χ0) is 18.2. The third-order valence-electron chi connectivity index (χ3n) is 4.87. The third kappa shape index (κ3) is 3.47. The van der Waals surface area contributed by atoms with Gasteiger partial charge in [-0.1, -0.05) is 26.8 Å². The molecule has 1 aliphatic heterocycles. The zero-order valence-corrected chi connectivity index (χ0v) is 16.1. The maximum Gasteiger partial charge on any atom is 0.336 e. The van der Waals surface area contributed by atoms with Crippen molar-refractivity contribution < 1.29 is 14.3 Å². The highest BCUT2D eigenvalue weighted by molar-refractivity contribution is 7.10. The number of esters is 1. The Morgan fingerprint density at radius 1 is 1.36 bits per heavy atom. The summed E-state index contributed by atoms with van der Waals surface area (Å²) < 4.78 is 5.41. The van der Waals surface area contributed by atoms with E-state index in [1.54, 1.807) is 11.3 Å². The van der Waals surface area contributed by atoms with Gasteiger partial charge in [0.15, 0.2) is 0 Å². The molecule has 0 saturated heterocycles. The lowest BCUT2D eigenvalue weighted by Gasteiger charge is -2.40. The highest BCUT2D eigenvalue weighted by atomic mass is 32.1. The van der Waals surface area contributed by atoms with Crippen molar-refractivity contribution in [3.8, 4) is 0 Å². The molecule has 0 aromatic carbocycles. The second kappa shape index (κ2) is 6.87. The highest BCUT2D eigenvalue weighted by Crippen LogP contribution is 2.47. The molecule has 5 heteroatoms. The third-order valence-corrected chi connectivity index (χ3v) is 5.83. The van der Waals surface area contributed by atoms with Gasteiger partial charge in [0.25, 0.3) is 0 Å². The lowest BCUT2D eigenvalue weighted by Crippen LogP contribution is -2.43. The first-order valence-corrected chi connectivity index (χ1v) is 9.73. The highest BCUT2D eigenvalue weighted by Gasteiger charge is 2.47. The second-order valence-corrected chi connectivity index (χ2v) is 8.67. The monoisotopic (exact) mass is 359 g/mol. The van der Waals surface area contributed by atoms with Gasteiger partial charge in [-0.05, 0) is 36.6 Å². The van der Waals surface area contributed by atoms with Crippen molar-refractivity contribution >= 4 is 28.8 Å². The van der Waals surface area contributed by atoms with Crippen LogP contribution in [0.3, 0.4) is 0 Å². The van der Waals surface area contributed by atoms with Crippen LogP contribution in [0.4, 0.5) is 0 Å². The minimum absolute atomic E-state index is 0.0765. The molecule has 0 bridgehead atoms. The summed E-state index contributed by atoms with van der Waals surface area (Å²) in [5.74, 6) is -0.750. The summed E-state index contributed by atoms with van der Waals surface area (Å²) in [5, 5.41) is 1.99. The summed E-state index contributed by atoms with van der Waals surface area (Å²) in [6, 6.07) is 3.97. The lowest BCUT2D eigenvalue weighted by atomic mass is 9.64. The summed E-state index contributed by atoms with van der Waals surface area (Å²) in [4.78, 5) is 31.4. The smallest absolute Gasteiger partial charge is 0.336 e. The van der Waals surface area contributed by atoms with Crippen molar-refractivity contribution in [3.05, 3.63) is 33.7 Å². The molecule has 4 nitrogen and oxygen atoms in total. The van der Waals surface area contributed by atoms with Crippen LogP contribution in [-0.4, -0.2) is 24.1 Å². The van der Waals surface area contributed by atoms with Crippen molar-refractivity contribution in [3.63, 3.8) is 0 Å². The van der Waals surface area contributed by atoms with Crippen molar-refractivity contribution in [2.75, 3.05) is 6.61 Å². The molecule has 0 amide bonds. The number of nitrogens with zero attached hydrogens (tertiary/aromatic N) is 1. The van der Waals surface area contributed by atoms with E-state index in [4.69, 9.17) is 9.73 Å². The number of rotatable bonds is 4. The molecular weight excluding hydrogens is 334 g/mol. The van der Waals surface area contributed by atoms with E-state index in [-0.39, 0.29) is 29.0 Å². The summed E-state index contributed by atoms with van der Waals surface area (Å²) in [5.41, 5.74) is 2.09. The average Bonchev–Trinajstić information content (AvgIpc) is 3.04. The van der Waals surface area contributed by atoms with Crippen LogP contribution in [0.15, 0.2) is 33.8 Å². The van der Waals surface area contributed by atoms with E-state index >= 15 is 0 Å². The SMILES string of the molecule is CCCOC(=O)C1=C(C)N=C2CC(C)(C)CC(=O)[C@H]2[C@@H]1c1cccs1. The predicted molar refractivity (Wildman–Crippen MR) is 100.0 cm³/mol. The van der Waals surface area contributed by atoms with Gasteiger partial charge in [-0.25, -0.2) is 4.79 Å². The number of allylic oxidation sites excluding steroid dienone is 1. The van der Waals surface area contributed by atoms with Crippen LogP contribution < -0.4 is 0 Å². The van der Waals surface area contributed by atoms with Crippen molar-refractivity contribution in [1.82, 2.24) is 0 Å².